The minimum absolute atomic E-state index is 0. The molecule has 0 unspecified atom stereocenters. The van der Waals surface area contributed by atoms with E-state index >= 15 is 0 Å². The van der Waals surface area contributed by atoms with Crippen molar-refractivity contribution >= 4 is 0 Å². The second-order valence-corrected chi connectivity index (χ2v) is 6.03. The zero-order chi connectivity index (χ0) is 17.2. The van der Waals surface area contributed by atoms with Crippen LogP contribution < -0.4 is 27.6 Å². The molecule has 0 aliphatic carbocycles. The van der Waals surface area contributed by atoms with Gasteiger partial charge in [-0.15, -0.1) is 5.10 Å². The maximum absolute atomic E-state index is 6.34. The maximum atomic E-state index is 6.34. The molecule has 1 aliphatic rings. The first-order chi connectivity index (χ1) is 12.2. The van der Waals surface area contributed by atoms with Gasteiger partial charge in [-0.1, -0.05) is 36.4 Å². The van der Waals surface area contributed by atoms with Gasteiger partial charge < -0.3 is 27.6 Å². The number of rotatable bonds is 4. The van der Waals surface area contributed by atoms with Crippen molar-refractivity contribution in [2.75, 3.05) is 7.11 Å². The lowest BCUT2D eigenvalue weighted by Gasteiger charge is -2.29. The summed E-state index contributed by atoms with van der Waals surface area (Å²) in [4.78, 5) is 0. The van der Waals surface area contributed by atoms with Gasteiger partial charge in [-0.05, 0) is 22.1 Å². The van der Waals surface area contributed by atoms with Gasteiger partial charge in [-0.3, -0.25) is 0 Å². The molecule has 26 heavy (non-hydrogen) atoms. The van der Waals surface area contributed by atoms with E-state index < -0.39 is 0 Å². The van der Waals surface area contributed by atoms with Gasteiger partial charge in [0.25, 0.3) is 0 Å². The Labute approximate surface area is 159 Å². The fraction of sp³-hybridized carbons (Fsp3) is 0.278. The number of fused-ring (bicyclic) bond motifs is 1. The predicted octanol–water partition coefficient (Wildman–Crippen LogP) is -0.630. The van der Waals surface area contributed by atoms with Crippen molar-refractivity contribution in [3.63, 3.8) is 0 Å². The molecule has 0 fully saturated rings. The highest BCUT2D eigenvalue weighted by atomic mass is 35.5. The minimum Gasteiger partial charge on any atom is -1.00 e. The largest absolute Gasteiger partial charge is 1.00 e. The smallest absolute Gasteiger partial charge is 1.00 e. The number of halogens is 1. The summed E-state index contributed by atoms with van der Waals surface area (Å²) in [5, 5.41) is 12.1. The Morgan fingerprint density at radius 2 is 2.08 bits per heavy atom. The summed E-state index contributed by atoms with van der Waals surface area (Å²) in [5.74, 6) is 2.13. The number of aromatic nitrogens is 4. The molecular weight excluding hydrogens is 354 g/mol. The molecule has 0 saturated carbocycles. The average molecular weight is 374 g/mol. The Kier molecular flexibility index (Phi) is 5.39. The molecular formula is C18H20ClN5O2. The Balaban J connectivity index is 0.00000131. The molecule has 0 spiro atoms. The number of ether oxygens (including phenoxy) is 2. The normalized spacial score (nSPS) is 18.4. The highest BCUT2D eigenvalue weighted by molar-refractivity contribution is 5.44. The van der Waals surface area contributed by atoms with Crippen LogP contribution in [0, 0.1) is 0 Å². The highest BCUT2D eigenvalue weighted by Crippen LogP contribution is 2.40. The van der Waals surface area contributed by atoms with Crippen LogP contribution in [-0.4, -0.2) is 27.3 Å². The zero-order valence-electron chi connectivity index (χ0n) is 15.2. The van der Waals surface area contributed by atoms with Crippen molar-refractivity contribution in [1.82, 2.24) is 20.2 Å². The first-order valence-electron chi connectivity index (χ1n) is 8.15. The van der Waals surface area contributed by atoms with E-state index in [9.17, 15) is 0 Å². The maximum Gasteiger partial charge on any atom is 1.00 e. The lowest BCUT2D eigenvalue weighted by atomic mass is 9.96. The van der Waals surface area contributed by atoms with Crippen molar-refractivity contribution in [1.29, 1.82) is 0 Å². The molecule has 7 nitrogen and oxygen atoms in total. The van der Waals surface area contributed by atoms with Crippen LogP contribution in [0.5, 0.6) is 11.5 Å². The van der Waals surface area contributed by atoms with Gasteiger partial charge in [0, 0.05) is 24.1 Å². The molecule has 1 aromatic heterocycles. The summed E-state index contributed by atoms with van der Waals surface area (Å²) >= 11 is 0. The summed E-state index contributed by atoms with van der Waals surface area (Å²) in [6.45, 7) is 0.587. The van der Waals surface area contributed by atoms with E-state index in [2.05, 4.69) is 15.5 Å². The van der Waals surface area contributed by atoms with Gasteiger partial charge in [0.1, 0.15) is 11.5 Å². The molecule has 2 N–H and O–H groups in total. The molecule has 2 heterocycles. The second-order valence-electron chi connectivity index (χ2n) is 6.03. The SMILES string of the molecule is COc1ccc2c(c1)O[C@@H](c1nnnn1Cc1ccccc1)C[C@H]2N.[Cl-].[H+]. The third-order valence-corrected chi connectivity index (χ3v) is 4.38. The molecule has 0 saturated heterocycles. The van der Waals surface area contributed by atoms with E-state index in [0.717, 1.165) is 22.6 Å². The van der Waals surface area contributed by atoms with Crippen molar-refractivity contribution in [2.24, 2.45) is 5.73 Å². The van der Waals surface area contributed by atoms with Crippen molar-refractivity contribution in [3.8, 4) is 11.5 Å². The van der Waals surface area contributed by atoms with Crippen LogP contribution in [0.15, 0.2) is 48.5 Å². The number of nitrogens with zero attached hydrogens (tertiary/aromatic N) is 4. The van der Waals surface area contributed by atoms with E-state index in [-0.39, 0.29) is 26.0 Å². The number of benzene rings is 2. The van der Waals surface area contributed by atoms with Crippen molar-refractivity contribution < 1.29 is 23.3 Å². The third-order valence-electron chi connectivity index (χ3n) is 4.38. The van der Waals surface area contributed by atoms with Gasteiger partial charge in [-0.2, -0.15) is 0 Å². The highest BCUT2D eigenvalue weighted by Gasteiger charge is 2.31. The molecule has 0 radical (unpaired) electrons. The number of hydrogen-bond acceptors (Lipinski definition) is 6. The Morgan fingerprint density at radius 1 is 1.27 bits per heavy atom. The topological polar surface area (TPSA) is 88.1 Å². The van der Waals surface area contributed by atoms with Crippen LogP contribution in [0.3, 0.4) is 0 Å². The third kappa shape index (κ3) is 3.49. The van der Waals surface area contributed by atoms with Crippen LogP contribution in [0.1, 0.15) is 36.9 Å². The van der Waals surface area contributed by atoms with Crippen LogP contribution in [-0.2, 0) is 6.54 Å². The Bertz CT molecular complexity index is 877. The Hall–Kier alpha value is -2.64. The lowest BCUT2D eigenvalue weighted by Crippen LogP contribution is -3.00. The van der Waals surface area contributed by atoms with Gasteiger partial charge in [-0.25, -0.2) is 4.68 Å². The summed E-state index contributed by atoms with van der Waals surface area (Å²) in [6, 6.07) is 15.6. The predicted molar refractivity (Wildman–Crippen MR) is 92.4 cm³/mol. The number of hydrogen-bond donors (Lipinski definition) is 1. The van der Waals surface area contributed by atoms with Gasteiger partial charge in [0.05, 0.1) is 13.7 Å². The van der Waals surface area contributed by atoms with Crippen LogP contribution in [0.25, 0.3) is 0 Å². The first kappa shape index (κ1) is 18.2. The summed E-state index contributed by atoms with van der Waals surface area (Å²) in [5.41, 5.74) is 8.43. The summed E-state index contributed by atoms with van der Waals surface area (Å²) < 4.78 is 13.2. The van der Waals surface area contributed by atoms with E-state index in [1.54, 1.807) is 11.8 Å². The van der Waals surface area contributed by atoms with Crippen molar-refractivity contribution in [2.45, 2.75) is 25.1 Å². The zero-order valence-corrected chi connectivity index (χ0v) is 15.0. The first-order valence-corrected chi connectivity index (χ1v) is 8.15. The van der Waals surface area contributed by atoms with Crippen molar-refractivity contribution in [3.05, 3.63) is 65.5 Å². The fourth-order valence-corrected chi connectivity index (χ4v) is 3.08. The standard InChI is InChI=1S/C18H19N5O2.ClH/c1-24-13-7-8-14-15(19)10-17(25-16(14)9-13)18-20-21-22-23(18)11-12-5-3-2-4-6-12;/h2-9,15,17H,10-11,19H2,1H3;1H/t15-,17-;/m1./s1. The molecule has 0 bridgehead atoms. The molecule has 4 rings (SSSR count). The average Bonchev–Trinajstić information content (AvgIpc) is 3.10. The second kappa shape index (κ2) is 7.72. The van der Waals surface area contributed by atoms with Gasteiger partial charge in [0.2, 0.25) is 0 Å². The number of nitrogens with two attached hydrogens (primary N) is 1. The van der Waals surface area contributed by atoms with Crippen LogP contribution in [0.2, 0.25) is 0 Å². The lowest BCUT2D eigenvalue weighted by molar-refractivity contribution is -0.00000678. The monoisotopic (exact) mass is 373 g/mol. The number of methoxy groups -OCH3 is 1. The molecule has 136 valence electrons. The quantitative estimate of drug-likeness (QED) is 0.655. The minimum atomic E-state index is -0.298. The van der Waals surface area contributed by atoms with Gasteiger partial charge >= 0.3 is 1.43 Å². The summed E-state index contributed by atoms with van der Waals surface area (Å²) in [7, 11) is 1.63. The molecule has 3 aromatic rings. The van der Waals surface area contributed by atoms with Gasteiger partial charge in [0.15, 0.2) is 11.9 Å². The van der Waals surface area contributed by atoms with E-state index in [4.69, 9.17) is 15.2 Å². The van der Waals surface area contributed by atoms with E-state index in [0.29, 0.717) is 18.8 Å². The number of tetrazole rings is 1. The molecule has 8 heteroatoms. The van der Waals surface area contributed by atoms with E-state index in [1.165, 1.54) is 0 Å². The Morgan fingerprint density at radius 3 is 2.85 bits per heavy atom. The molecule has 1 aliphatic heterocycles. The van der Waals surface area contributed by atoms with Crippen LogP contribution >= 0.6 is 0 Å². The molecule has 2 aromatic carbocycles. The summed E-state index contributed by atoms with van der Waals surface area (Å²) in [6.07, 6.45) is 0.322. The molecule has 0 amide bonds. The van der Waals surface area contributed by atoms with Crippen LogP contribution in [0.4, 0.5) is 0 Å². The fourth-order valence-electron chi connectivity index (χ4n) is 3.08. The van der Waals surface area contributed by atoms with E-state index in [1.807, 2.05) is 48.5 Å². The molecule has 2 atom stereocenters.